The van der Waals surface area contributed by atoms with Crippen molar-refractivity contribution >= 4 is 46.2 Å². The van der Waals surface area contributed by atoms with E-state index in [1.54, 1.807) is 31.1 Å². The molecule has 2 saturated heterocycles. The summed E-state index contributed by atoms with van der Waals surface area (Å²) in [4.78, 5) is 49.0. The van der Waals surface area contributed by atoms with E-state index in [1.807, 2.05) is 92.7 Å². The molecule has 0 radical (unpaired) electrons. The number of hydrogen-bond acceptors (Lipinski definition) is 7. The Labute approximate surface area is 260 Å². The number of benzene rings is 2. The third-order valence-corrected chi connectivity index (χ3v) is 11.6. The number of carbonyl (C=O) groups is 3. The van der Waals surface area contributed by atoms with E-state index >= 15 is 0 Å². The normalized spacial score (nSPS) is 29.4. The van der Waals surface area contributed by atoms with E-state index in [9.17, 15) is 19.5 Å². The second-order valence-electron chi connectivity index (χ2n) is 12.1. The maximum Gasteiger partial charge on any atom is 0.248 e. The van der Waals surface area contributed by atoms with Crippen molar-refractivity contribution in [1.82, 2.24) is 24.8 Å². The second-order valence-corrected chi connectivity index (χ2v) is 13.6. The van der Waals surface area contributed by atoms with Gasteiger partial charge in [-0.2, -0.15) is 0 Å². The minimum atomic E-state index is -0.969. The van der Waals surface area contributed by atoms with Gasteiger partial charge in [0.15, 0.2) is 0 Å². The fourth-order valence-corrected chi connectivity index (χ4v) is 9.44. The molecule has 4 aliphatic heterocycles. The highest BCUT2D eigenvalue weighted by molar-refractivity contribution is 8.02. The van der Waals surface area contributed by atoms with Gasteiger partial charge in [-0.3, -0.25) is 14.4 Å². The Morgan fingerprint density at radius 3 is 2.55 bits per heavy atom. The molecular formula is C33H36N6O4S. The van der Waals surface area contributed by atoms with Crippen LogP contribution in [0.3, 0.4) is 0 Å². The van der Waals surface area contributed by atoms with Crippen molar-refractivity contribution in [3.05, 3.63) is 78.9 Å². The molecule has 1 N–H and O–H groups in total. The number of carbonyl (C=O) groups excluding carboxylic acids is 3. The fourth-order valence-electron chi connectivity index (χ4n) is 7.45. The SMILES string of the molecule is CC[C@H](C)[C@H](CO)N1C(=O)[C@@H]2[C@H]3C(=O)N(c4ccccc4)CC=C[C@H]3S[C@@]23C=CCN(Cn2nnc4ccccc42)C(=O)C13. The van der Waals surface area contributed by atoms with Crippen LogP contribution in [0.5, 0.6) is 0 Å². The maximum absolute atomic E-state index is 14.8. The fraction of sp³-hybridized carbons (Fsp3) is 0.424. The summed E-state index contributed by atoms with van der Waals surface area (Å²) in [5.41, 5.74) is 2.32. The number of aliphatic hydroxyl groups excluding tert-OH is 1. The van der Waals surface area contributed by atoms with Gasteiger partial charge in [0.25, 0.3) is 0 Å². The molecule has 1 aromatic heterocycles. The van der Waals surface area contributed by atoms with Crippen LogP contribution in [-0.4, -0.2) is 89.4 Å². The summed E-state index contributed by atoms with van der Waals surface area (Å²) in [6.45, 7) is 4.64. The van der Waals surface area contributed by atoms with Gasteiger partial charge < -0.3 is 19.8 Å². The highest BCUT2D eigenvalue weighted by Gasteiger charge is 2.72. The molecule has 1 unspecified atom stereocenters. The predicted octanol–water partition coefficient (Wildman–Crippen LogP) is 3.09. The molecule has 3 amide bonds. The van der Waals surface area contributed by atoms with Crippen molar-refractivity contribution in [2.45, 2.75) is 49.0 Å². The van der Waals surface area contributed by atoms with E-state index in [-0.39, 0.29) is 42.2 Å². The summed E-state index contributed by atoms with van der Waals surface area (Å²) >= 11 is 1.55. The lowest BCUT2D eigenvalue weighted by atomic mass is 9.78. The first-order chi connectivity index (χ1) is 21.4. The van der Waals surface area contributed by atoms with Crippen molar-refractivity contribution in [2.24, 2.45) is 17.8 Å². The summed E-state index contributed by atoms with van der Waals surface area (Å²) in [6.07, 6.45) is 8.73. The monoisotopic (exact) mass is 612 g/mol. The Kier molecular flexibility index (Phi) is 7.32. The molecule has 2 aromatic carbocycles. The van der Waals surface area contributed by atoms with Crippen LogP contribution >= 0.6 is 11.8 Å². The number of aromatic nitrogens is 3. The van der Waals surface area contributed by atoms with Gasteiger partial charge in [-0.15, -0.1) is 16.9 Å². The summed E-state index contributed by atoms with van der Waals surface area (Å²) in [5, 5.41) is 19.0. The summed E-state index contributed by atoms with van der Waals surface area (Å²) in [7, 11) is 0. The number of rotatable bonds is 7. The first kappa shape index (κ1) is 28.8. The van der Waals surface area contributed by atoms with Crippen molar-refractivity contribution in [3.8, 4) is 0 Å². The molecule has 4 aliphatic rings. The number of amides is 3. The zero-order chi connectivity index (χ0) is 30.6. The van der Waals surface area contributed by atoms with Crippen LogP contribution in [0.1, 0.15) is 20.3 Å². The third kappa shape index (κ3) is 4.31. The zero-order valence-electron chi connectivity index (χ0n) is 24.8. The van der Waals surface area contributed by atoms with Crippen LogP contribution in [0.2, 0.25) is 0 Å². The topological polar surface area (TPSA) is 112 Å². The van der Waals surface area contributed by atoms with E-state index in [0.29, 0.717) is 13.1 Å². The number of thioether (sulfide) groups is 1. The molecule has 7 rings (SSSR count). The average Bonchev–Trinajstić information content (AvgIpc) is 3.60. The molecule has 11 heteroatoms. The first-order valence-electron chi connectivity index (χ1n) is 15.3. The van der Waals surface area contributed by atoms with Crippen LogP contribution in [-0.2, 0) is 21.1 Å². The van der Waals surface area contributed by atoms with E-state index in [4.69, 9.17) is 0 Å². The van der Waals surface area contributed by atoms with E-state index in [0.717, 1.165) is 23.1 Å². The molecular weight excluding hydrogens is 576 g/mol. The highest BCUT2D eigenvalue weighted by Crippen LogP contribution is 2.61. The molecule has 228 valence electrons. The summed E-state index contributed by atoms with van der Waals surface area (Å²) in [6, 6.07) is 15.7. The van der Waals surface area contributed by atoms with Crippen molar-refractivity contribution in [2.75, 3.05) is 24.6 Å². The van der Waals surface area contributed by atoms with Crippen LogP contribution < -0.4 is 4.90 Å². The first-order valence-corrected chi connectivity index (χ1v) is 16.2. The molecule has 44 heavy (non-hydrogen) atoms. The van der Waals surface area contributed by atoms with Gasteiger partial charge in [0.2, 0.25) is 17.7 Å². The summed E-state index contributed by atoms with van der Waals surface area (Å²) < 4.78 is 0.731. The smallest absolute Gasteiger partial charge is 0.248 e. The van der Waals surface area contributed by atoms with Crippen molar-refractivity contribution in [1.29, 1.82) is 0 Å². The minimum absolute atomic E-state index is 0.0566. The van der Waals surface area contributed by atoms with Crippen LogP contribution in [0, 0.1) is 17.8 Å². The van der Waals surface area contributed by atoms with Gasteiger partial charge in [-0.1, -0.05) is 80.1 Å². The number of likely N-dealkylation sites (tertiary alicyclic amines) is 1. The average molecular weight is 613 g/mol. The maximum atomic E-state index is 14.8. The van der Waals surface area contributed by atoms with Crippen LogP contribution in [0.4, 0.5) is 5.69 Å². The molecule has 5 heterocycles. The number of hydrogen-bond donors (Lipinski definition) is 1. The van der Waals surface area contributed by atoms with Crippen LogP contribution in [0.25, 0.3) is 11.0 Å². The van der Waals surface area contributed by atoms with Gasteiger partial charge in [-0.05, 0) is 30.2 Å². The lowest BCUT2D eigenvalue weighted by molar-refractivity contribution is -0.147. The van der Waals surface area contributed by atoms with Gasteiger partial charge in [-0.25, -0.2) is 4.68 Å². The highest BCUT2D eigenvalue weighted by atomic mass is 32.2. The number of nitrogens with zero attached hydrogens (tertiary/aromatic N) is 6. The molecule has 0 aliphatic carbocycles. The van der Waals surface area contributed by atoms with Gasteiger partial charge in [0.05, 0.1) is 34.7 Å². The zero-order valence-corrected chi connectivity index (χ0v) is 25.6. The number of anilines is 1. The van der Waals surface area contributed by atoms with Gasteiger partial charge in [0, 0.05) is 24.0 Å². The Morgan fingerprint density at radius 1 is 1.00 bits per heavy atom. The van der Waals surface area contributed by atoms with Crippen molar-refractivity contribution < 1.29 is 19.5 Å². The van der Waals surface area contributed by atoms with Gasteiger partial charge >= 0.3 is 0 Å². The lowest BCUT2D eigenvalue weighted by Gasteiger charge is -2.40. The summed E-state index contributed by atoms with van der Waals surface area (Å²) in [5.74, 6) is -2.04. The molecule has 10 nitrogen and oxygen atoms in total. The third-order valence-electron chi connectivity index (χ3n) is 9.82. The lowest BCUT2D eigenvalue weighted by Crippen LogP contribution is -2.58. The van der Waals surface area contributed by atoms with E-state index in [2.05, 4.69) is 10.3 Å². The second kappa shape index (κ2) is 11.2. The molecule has 2 fully saturated rings. The van der Waals surface area contributed by atoms with Crippen molar-refractivity contribution in [3.63, 3.8) is 0 Å². The molecule has 1 spiro atoms. The van der Waals surface area contributed by atoms with Crippen LogP contribution in [0.15, 0.2) is 78.9 Å². The number of fused-ring (bicyclic) bond motifs is 3. The molecule has 0 bridgehead atoms. The quantitative estimate of drug-likeness (QED) is 0.408. The minimum Gasteiger partial charge on any atom is -0.394 e. The van der Waals surface area contributed by atoms with Gasteiger partial charge in [0.1, 0.15) is 18.2 Å². The number of para-hydroxylation sites is 2. The Morgan fingerprint density at radius 2 is 1.77 bits per heavy atom. The molecule has 3 aromatic rings. The Bertz CT molecular complexity index is 1660. The number of aliphatic hydroxyl groups is 1. The van der Waals surface area contributed by atoms with E-state index < -0.39 is 28.7 Å². The molecule has 0 saturated carbocycles. The Balaban J connectivity index is 1.32. The molecule has 7 atom stereocenters. The van der Waals surface area contributed by atoms with E-state index in [1.165, 1.54) is 0 Å². The Hall–Kier alpha value is -3.96. The predicted molar refractivity (Wildman–Crippen MR) is 168 cm³/mol. The largest absolute Gasteiger partial charge is 0.394 e. The standard InChI is InChI=1S/C33H36N6O4S/c1-3-21(2)25(19-40)39-29-32(43)36(20-38-24-14-8-7-13-23(24)34-35-38)17-10-16-33(29)28(31(39)42)27-26(44-33)15-9-18-37(30(27)41)22-11-5-4-6-12-22/h4-16,21,25-29,40H,3,17-20H2,1-2H3/t21-,25-,26+,27-,28-,29?,33-/m0/s1.